The maximum Gasteiger partial charge on any atom is 0.179 e. The Hall–Kier alpha value is -7.24. The number of aliphatic imine (C=N–C) groups is 2. The molecule has 0 aliphatic rings. The lowest BCUT2D eigenvalue weighted by atomic mass is 10.0. The molecule has 54 heavy (non-hydrogen) atoms. The van der Waals surface area contributed by atoms with Crippen molar-refractivity contribution in [1.82, 2.24) is 4.57 Å². The first kappa shape index (κ1) is 30.4. The van der Waals surface area contributed by atoms with Crippen LogP contribution in [0.15, 0.2) is 183 Å². The summed E-state index contributed by atoms with van der Waals surface area (Å²) >= 11 is 0. The van der Waals surface area contributed by atoms with E-state index >= 15 is 0 Å². The lowest BCUT2D eigenvalue weighted by Crippen LogP contribution is -2.04. The summed E-state index contributed by atoms with van der Waals surface area (Å²) in [6, 6.07) is 57.2. The third-order valence-corrected chi connectivity index (χ3v) is 10.8. The van der Waals surface area contributed by atoms with Gasteiger partial charge in [0.15, 0.2) is 5.76 Å². The van der Waals surface area contributed by atoms with Crippen molar-refractivity contribution in [3.63, 3.8) is 0 Å². The van der Waals surface area contributed by atoms with E-state index in [2.05, 4.69) is 144 Å². The molecule has 0 N–H and O–H groups in total. The highest BCUT2D eigenvalue weighted by Gasteiger charge is 2.21. The molecule has 0 amide bonds. The van der Waals surface area contributed by atoms with Gasteiger partial charge in [-0.25, -0.2) is 0 Å². The van der Waals surface area contributed by atoms with Gasteiger partial charge in [-0.15, -0.1) is 0 Å². The van der Waals surface area contributed by atoms with Gasteiger partial charge < -0.3 is 13.4 Å². The summed E-state index contributed by atoms with van der Waals surface area (Å²) in [4.78, 5) is 9.77. The van der Waals surface area contributed by atoms with Crippen molar-refractivity contribution >= 4 is 94.4 Å². The number of fused-ring (bicyclic) bond motifs is 10. The molecule has 0 atom stereocenters. The molecule has 8 aromatic carbocycles. The van der Waals surface area contributed by atoms with Gasteiger partial charge in [-0.1, -0.05) is 115 Å². The number of hydrogen-bond acceptors (Lipinski definition) is 4. The number of para-hydroxylation sites is 2. The van der Waals surface area contributed by atoms with Crippen molar-refractivity contribution in [2.75, 3.05) is 0 Å². The Morgan fingerprint density at radius 2 is 1.26 bits per heavy atom. The monoisotopic (exact) mass is 693 g/mol. The molecular weight excluding hydrogens is 663 g/mol. The molecule has 0 bridgehead atoms. The SMILES string of the molecule is C=Nc1c(C(=NCc2cccc3oc4cc(-n5c6ccccc6c6ccc7ccccc7c65)ccc4c23)c2ccc3ccccc3c2)oc2ccccc12. The molecule has 11 rings (SSSR count). The predicted octanol–water partition coefficient (Wildman–Crippen LogP) is 13.1. The van der Waals surface area contributed by atoms with Crippen LogP contribution in [-0.2, 0) is 6.54 Å². The van der Waals surface area contributed by atoms with Gasteiger partial charge in [0.1, 0.15) is 28.1 Å². The van der Waals surface area contributed by atoms with Crippen LogP contribution in [0.1, 0.15) is 16.9 Å². The molecule has 0 aliphatic carbocycles. The molecule has 3 heterocycles. The fourth-order valence-electron chi connectivity index (χ4n) is 8.30. The smallest absolute Gasteiger partial charge is 0.179 e. The fourth-order valence-corrected chi connectivity index (χ4v) is 8.30. The van der Waals surface area contributed by atoms with Gasteiger partial charge >= 0.3 is 0 Å². The van der Waals surface area contributed by atoms with Crippen LogP contribution in [0, 0.1) is 0 Å². The molecule has 0 radical (unpaired) electrons. The first-order chi connectivity index (χ1) is 26.7. The Kier molecular flexibility index (Phi) is 6.70. The first-order valence-electron chi connectivity index (χ1n) is 18.1. The number of nitrogens with zero attached hydrogens (tertiary/aromatic N) is 3. The maximum absolute atomic E-state index is 6.64. The maximum atomic E-state index is 6.64. The average molecular weight is 694 g/mol. The van der Waals surface area contributed by atoms with Gasteiger partial charge in [0.2, 0.25) is 0 Å². The molecule has 0 aliphatic heterocycles. The lowest BCUT2D eigenvalue weighted by Gasteiger charge is -2.10. The van der Waals surface area contributed by atoms with Gasteiger partial charge in [0, 0.05) is 49.6 Å². The molecule has 0 fully saturated rings. The summed E-state index contributed by atoms with van der Waals surface area (Å²) in [7, 11) is 0. The van der Waals surface area contributed by atoms with Crippen molar-refractivity contribution in [3.8, 4) is 5.69 Å². The lowest BCUT2D eigenvalue weighted by molar-refractivity contribution is 0.605. The quantitative estimate of drug-likeness (QED) is 0.163. The average Bonchev–Trinajstić information content (AvgIpc) is 3.90. The van der Waals surface area contributed by atoms with Crippen molar-refractivity contribution < 1.29 is 8.83 Å². The molecule has 0 spiro atoms. The van der Waals surface area contributed by atoms with Crippen molar-refractivity contribution in [2.24, 2.45) is 9.98 Å². The molecule has 254 valence electrons. The number of aromatic nitrogens is 1. The van der Waals surface area contributed by atoms with E-state index in [1.807, 2.05) is 36.4 Å². The van der Waals surface area contributed by atoms with Crippen LogP contribution in [0.2, 0.25) is 0 Å². The van der Waals surface area contributed by atoms with Crippen molar-refractivity contribution in [1.29, 1.82) is 0 Å². The highest BCUT2D eigenvalue weighted by Crippen LogP contribution is 2.40. The van der Waals surface area contributed by atoms with Gasteiger partial charge in [0.05, 0.1) is 17.6 Å². The zero-order valence-corrected chi connectivity index (χ0v) is 29.2. The summed E-state index contributed by atoms with van der Waals surface area (Å²) in [6.45, 7) is 4.33. The van der Waals surface area contributed by atoms with Crippen LogP contribution in [0.25, 0.3) is 81.9 Å². The van der Waals surface area contributed by atoms with Crippen LogP contribution in [0.5, 0.6) is 0 Å². The van der Waals surface area contributed by atoms with Gasteiger partial charge in [-0.2, -0.15) is 0 Å². The minimum absolute atomic E-state index is 0.405. The van der Waals surface area contributed by atoms with Crippen LogP contribution in [-0.4, -0.2) is 17.0 Å². The molecule has 0 saturated heterocycles. The summed E-state index contributed by atoms with van der Waals surface area (Å²) in [5, 5.41) is 10.2. The van der Waals surface area contributed by atoms with E-state index in [9.17, 15) is 0 Å². The molecule has 0 unspecified atom stereocenters. The van der Waals surface area contributed by atoms with Crippen LogP contribution < -0.4 is 0 Å². The molecule has 3 aromatic heterocycles. The van der Waals surface area contributed by atoms with E-state index in [-0.39, 0.29) is 0 Å². The topological polar surface area (TPSA) is 55.9 Å². The first-order valence-corrected chi connectivity index (χ1v) is 18.1. The van der Waals surface area contributed by atoms with Gasteiger partial charge in [0.25, 0.3) is 0 Å². The number of furan rings is 2. The largest absolute Gasteiger partial charge is 0.456 e. The minimum atomic E-state index is 0.405. The highest BCUT2D eigenvalue weighted by molar-refractivity contribution is 6.20. The fraction of sp³-hybridized carbons (Fsp3) is 0.0204. The summed E-state index contributed by atoms with van der Waals surface area (Å²) in [6.07, 6.45) is 0. The zero-order valence-electron chi connectivity index (χ0n) is 29.2. The van der Waals surface area contributed by atoms with E-state index < -0.39 is 0 Å². The van der Waals surface area contributed by atoms with Crippen LogP contribution >= 0.6 is 0 Å². The Morgan fingerprint density at radius 3 is 2.15 bits per heavy atom. The van der Waals surface area contributed by atoms with Crippen LogP contribution in [0.3, 0.4) is 0 Å². The number of benzene rings is 8. The zero-order chi connectivity index (χ0) is 35.8. The normalized spacial score (nSPS) is 12.3. The molecular formula is C49H31N3O2. The van der Waals surface area contributed by atoms with Crippen molar-refractivity contribution in [2.45, 2.75) is 6.54 Å². The highest BCUT2D eigenvalue weighted by atomic mass is 16.3. The molecule has 5 nitrogen and oxygen atoms in total. The Labute approximate surface area is 309 Å². The second kappa shape index (κ2) is 11.9. The summed E-state index contributed by atoms with van der Waals surface area (Å²) < 4.78 is 15.5. The van der Waals surface area contributed by atoms with E-state index in [1.165, 1.54) is 27.1 Å². The second-order valence-electron chi connectivity index (χ2n) is 13.8. The third-order valence-electron chi connectivity index (χ3n) is 10.8. The Morgan fingerprint density at radius 1 is 0.537 bits per heavy atom. The molecule has 11 aromatic rings. The molecule has 0 saturated carbocycles. The second-order valence-corrected chi connectivity index (χ2v) is 13.8. The van der Waals surface area contributed by atoms with Crippen molar-refractivity contribution in [3.05, 3.63) is 181 Å². The third kappa shape index (κ3) is 4.58. The standard InChI is InChI=1S/C49H31N3O2/c1-50-47-40-17-7-9-19-42(40)54-49(47)46(33-22-21-30-11-2-3-13-32(30)27-33)51-29-34-14-10-20-43-45(34)39-26-24-35(28-44(39)53-43)52-41-18-8-6-16-37(41)38-25-23-31-12-4-5-15-36(31)48(38)52/h2-28H,1,29H2. The van der Waals surface area contributed by atoms with E-state index in [0.29, 0.717) is 18.0 Å². The Bertz CT molecular complexity index is 3340. The van der Waals surface area contributed by atoms with E-state index in [0.717, 1.165) is 71.7 Å². The van der Waals surface area contributed by atoms with Gasteiger partial charge in [-0.3, -0.25) is 9.98 Å². The van der Waals surface area contributed by atoms with E-state index in [4.69, 9.17) is 13.8 Å². The predicted molar refractivity (Wildman–Crippen MR) is 224 cm³/mol. The minimum Gasteiger partial charge on any atom is -0.456 e. The molecule has 5 heteroatoms. The summed E-state index contributed by atoms with van der Waals surface area (Å²) in [5.41, 5.74) is 9.24. The van der Waals surface area contributed by atoms with Crippen LogP contribution in [0.4, 0.5) is 5.69 Å². The number of rotatable bonds is 6. The summed E-state index contributed by atoms with van der Waals surface area (Å²) in [5.74, 6) is 0.606. The van der Waals surface area contributed by atoms with E-state index in [1.54, 1.807) is 0 Å². The Balaban J connectivity index is 1.08. The van der Waals surface area contributed by atoms with Gasteiger partial charge in [-0.05, 0) is 70.9 Å². The number of hydrogen-bond donors (Lipinski definition) is 0.